The Balaban J connectivity index is 1.58. The molecule has 168 valence electrons. The second-order valence-corrected chi connectivity index (χ2v) is 7.88. The molecular weight excluding hydrogens is 428 g/mol. The van der Waals surface area contributed by atoms with Crippen molar-refractivity contribution in [2.45, 2.75) is 13.8 Å². The lowest BCUT2D eigenvalue weighted by Crippen LogP contribution is -2.13. The van der Waals surface area contributed by atoms with Crippen molar-refractivity contribution < 1.29 is 19.2 Å². The van der Waals surface area contributed by atoms with Gasteiger partial charge in [0.15, 0.2) is 11.6 Å². The van der Waals surface area contributed by atoms with Crippen molar-refractivity contribution in [3.05, 3.63) is 107 Å². The van der Waals surface area contributed by atoms with Crippen LogP contribution in [0.3, 0.4) is 0 Å². The van der Waals surface area contributed by atoms with Crippen LogP contribution in [0.2, 0.25) is 0 Å². The maximum absolute atomic E-state index is 12.8. The average molecular weight is 450 g/mol. The van der Waals surface area contributed by atoms with E-state index in [4.69, 9.17) is 0 Å². The van der Waals surface area contributed by atoms with Crippen LogP contribution in [-0.4, -0.2) is 23.4 Å². The lowest BCUT2D eigenvalue weighted by atomic mass is 10.0. The maximum atomic E-state index is 12.8. The summed E-state index contributed by atoms with van der Waals surface area (Å²) in [7, 11) is 0. The lowest BCUT2D eigenvalue weighted by molar-refractivity contribution is 0.100. The van der Waals surface area contributed by atoms with Gasteiger partial charge in [-0.1, -0.05) is 48.5 Å². The molecule has 4 aromatic rings. The predicted molar refractivity (Wildman–Crippen MR) is 133 cm³/mol. The molecule has 2 N–H and O–H groups in total. The van der Waals surface area contributed by atoms with Crippen molar-refractivity contribution in [3.63, 3.8) is 0 Å². The smallest absolute Gasteiger partial charge is 0.255 e. The fourth-order valence-corrected chi connectivity index (χ4v) is 3.63. The van der Waals surface area contributed by atoms with Gasteiger partial charge in [0.2, 0.25) is 0 Å². The molecule has 34 heavy (non-hydrogen) atoms. The van der Waals surface area contributed by atoms with E-state index in [2.05, 4.69) is 10.6 Å². The summed E-state index contributed by atoms with van der Waals surface area (Å²) in [6.45, 7) is 2.95. The molecule has 0 heterocycles. The number of Topliss-reactive ketones (excluding diaryl/α,β-unsaturated/α-hetero) is 2. The first-order valence-electron chi connectivity index (χ1n) is 10.7. The SMILES string of the molecule is CC(=O)c1ccc(C(=O)Nc2cccc3c(NC(=O)c4ccc(C(C)=O)cc4)cccc23)cc1. The molecule has 0 radical (unpaired) electrons. The average Bonchev–Trinajstić information content (AvgIpc) is 2.84. The van der Waals surface area contributed by atoms with Crippen LogP contribution < -0.4 is 10.6 Å². The quantitative estimate of drug-likeness (QED) is 0.366. The zero-order chi connectivity index (χ0) is 24.2. The number of carbonyl (C=O) groups is 4. The number of carbonyl (C=O) groups excluding carboxylic acids is 4. The Kier molecular flexibility index (Phi) is 6.32. The zero-order valence-corrected chi connectivity index (χ0v) is 18.7. The first-order valence-corrected chi connectivity index (χ1v) is 10.7. The summed E-state index contributed by atoms with van der Waals surface area (Å²) in [6, 6.07) is 23.8. The monoisotopic (exact) mass is 450 g/mol. The summed E-state index contributed by atoms with van der Waals surface area (Å²) in [5, 5.41) is 7.35. The highest BCUT2D eigenvalue weighted by Crippen LogP contribution is 2.30. The Bertz CT molecular complexity index is 1310. The van der Waals surface area contributed by atoms with Crippen molar-refractivity contribution in [2.75, 3.05) is 10.6 Å². The van der Waals surface area contributed by atoms with Gasteiger partial charge in [0.05, 0.1) is 0 Å². The number of hydrogen-bond acceptors (Lipinski definition) is 4. The van der Waals surface area contributed by atoms with Gasteiger partial charge in [-0.25, -0.2) is 0 Å². The number of nitrogens with one attached hydrogen (secondary N) is 2. The van der Waals surface area contributed by atoms with Crippen molar-refractivity contribution >= 4 is 45.5 Å². The molecule has 4 aromatic carbocycles. The molecule has 0 aliphatic rings. The van der Waals surface area contributed by atoms with Crippen molar-refractivity contribution in [1.29, 1.82) is 0 Å². The summed E-state index contributed by atoms with van der Waals surface area (Å²) >= 11 is 0. The minimum absolute atomic E-state index is 0.0645. The molecule has 0 aromatic heterocycles. The van der Waals surface area contributed by atoms with Crippen LogP contribution in [0.15, 0.2) is 84.9 Å². The van der Waals surface area contributed by atoms with E-state index < -0.39 is 0 Å². The minimum Gasteiger partial charge on any atom is -0.321 e. The maximum Gasteiger partial charge on any atom is 0.255 e. The molecule has 0 atom stereocenters. The van der Waals surface area contributed by atoms with E-state index in [0.717, 1.165) is 10.8 Å². The Morgan fingerprint density at radius 1 is 0.471 bits per heavy atom. The largest absolute Gasteiger partial charge is 0.321 e. The highest BCUT2D eigenvalue weighted by Gasteiger charge is 2.13. The molecule has 4 rings (SSSR count). The van der Waals surface area contributed by atoms with E-state index >= 15 is 0 Å². The summed E-state index contributed by atoms with van der Waals surface area (Å²) in [5.74, 6) is -0.735. The van der Waals surface area contributed by atoms with Gasteiger partial charge < -0.3 is 10.6 Å². The normalized spacial score (nSPS) is 10.5. The topological polar surface area (TPSA) is 92.3 Å². The number of fused-ring (bicyclic) bond motifs is 1. The highest BCUT2D eigenvalue weighted by atomic mass is 16.2. The van der Waals surface area contributed by atoms with Gasteiger partial charge in [-0.3, -0.25) is 19.2 Å². The van der Waals surface area contributed by atoms with Crippen molar-refractivity contribution in [1.82, 2.24) is 0 Å². The number of rotatable bonds is 6. The molecule has 0 saturated heterocycles. The fourth-order valence-electron chi connectivity index (χ4n) is 3.63. The molecule has 0 aliphatic carbocycles. The molecule has 0 fully saturated rings. The van der Waals surface area contributed by atoms with Crippen molar-refractivity contribution in [3.8, 4) is 0 Å². The molecule has 0 saturated carbocycles. The predicted octanol–water partition coefficient (Wildman–Crippen LogP) is 5.75. The second-order valence-electron chi connectivity index (χ2n) is 7.88. The van der Waals surface area contributed by atoms with Gasteiger partial charge in [0.25, 0.3) is 11.8 Å². The van der Waals surface area contributed by atoms with Crippen LogP contribution >= 0.6 is 0 Å². The second kappa shape index (κ2) is 9.50. The van der Waals surface area contributed by atoms with Crippen LogP contribution in [-0.2, 0) is 0 Å². The van der Waals surface area contributed by atoms with Crippen LogP contribution in [0.5, 0.6) is 0 Å². The molecular formula is C28H22N2O4. The number of anilines is 2. The fraction of sp³-hybridized carbons (Fsp3) is 0.0714. The van der Waals surface area contributed by atoms with Gasteiger partial charge in [-0.05, 0) is 50.2 Å². The molecule has 0 spiro atoms. The third-order valence-electron chi connectivity index (χ3n) is 5.53. The standard InChI is InChI=1S/C28H22N2O4/c1-17(31)19-9-13-21(14-10-19)27(33)29-25-7-3-6-24-23(25)5-4-8-26(24)30-28(34)22-15-11-20(12-16-22)18(2)32/h3-16H,1-2H3,(H,29,33)(H,30,34). The Labute approximate surface area is 196 Å². The molecule has 0 unspecified atom stereocenters. The Hall–Kier alpha value is -4.58. The van der Waals surface area contributed by atoms with Gasteiger partial charge in [-0.2, -0.15) is 0 Å². The molecule has 2 amide bonds. The van der Waals surface area contributed by atoms with Crippen molar-refractivity contribution in [2.24, 2.45) is 0 Å². The van der Waals surface area contributed by atoms with Crippen LogP contribution in [0.25, 0.3) is 10.8 Å². The Morgan fingerprint density at radius 2 is 0.794 bits per heavy atom. The van der Waals surface area contributed by atoms with Gasteiger partial charge in [0, 0.05) is 44.4 Å². The van der Waals surface area contributed by atoms with E-state index in [1.54, 1.807) is 72.8 Å². The van der Waals surface area contributed by atoms with E-state index in [1.165, 1.54) is 13.8 Å². The van der Waals surface area contributed by atoms with E-state index in [9.17, 15) is 19.2 Å². The van der Waals surface area contributed by atoms with Gasteiger partial charge >= 0.3 is 0 Å². The number of amides is 2. The van der Waals surface area contributed by atoms with Gasteiger partial charge in [-0.15, -0.1) is 0 Å². The first-order chi connectivity index (χ1) is 16.3. The minimum atomic E-state index is -0.303. The number of ketones is 2. The summed E-state index contributed by atoms with van der Waals surface area (Å²) in [4.78, 5) is 48.5. The summed E-state index contributed by atoms with van der Waals surface area (Å²) < 4.78 is 0. The number of benzene rings is 4. The summed E-state index contributed by atoms with van der Waals surface area (Å²) in [5.41, 5.74) is 3.14. The van der Waals surface area contributed by atoms with Crippen LogP contribution in [0, 0.1) is 0 Å². The molecule has 0 aliphatic heterocycles. The van der Waals surface area contributed by atoms with E-state index in [1.807, 2.05) is 12.1 Å². The zero-order valence-electron chi connectivity index (χ0n) is 18.7. The summed E-state index contributed by atoms with van der Waals surface area (Å²) in [6.07, 6.45) is 0. The van der Waals surface area contributed by atoms with E-state index in [0.29, 0.717) is 33.6 Å². The molecule has 6 nitrogen and oxygen atoms in total. The Morgan fingerprint density at radius 3 is 1.12 bits per heavy atom. The number of hydrogen-bond donors (Lipinski definition) is 2. The van der Waals surface area contributed by atoms with Crippen LogP contribution in [0.4, 0.5) is 11.4 Å². The van der Waals surface area contributed by atoms with Gasteiger partial charge in [0.1, 0.15) is 0 Å². The first kappa shape index (κ1) is 22.6. The van der Waals surface area contributed by atoms with E-state index in [-0.39, 0.29) is 23.4 Å². The third-order valence-corrected chi connectivity index (χ3v) is 5.53. The third kappa shape index (κ3) is 4.76. The molecule has 0 bridgehead atoms. The van der Waals surface area contributed by atoms with Crippen LogP contribution in [0.1, 0.15) is 55.3 Å². The lowest BCUT2D eigenvalue weighted by Gasteiger charge is -2.13. The molecule has 6 heteroatoms. The highest BCUT2D eigenvalue weighted by molar-refractivity contribution is 6.14.